The molecule has 2 rings (SSSR count). The lowest BCUT2D eigenvalue weighted by Crippen LogP contribution is -2.23. The van der Waals surface area contributed by atoms with Crippen molar-refractivity contribution in [3.05, 3.63) is 42.0 Å². The van der Waals surface area contributed by atoms with E-state index in [4.69, 9.17) is 14.2 Å². The summed E-state index contributed by atoms with van der Waals surface area (Å²) in [6, 6.07) is 5.44. The summed E-state index contributed by atoms with van der Waals surface area (Å²) in [6.07, 6.45) is 6.05. The molecule has 0 aromatic heterocycles. The predicted molar refractivity (Wildman–Crippen MR) is 98.0 cm³/mol. The molecular formula is C21H26O4. The van der Waals surface area contributed by atoms with Crippen molar-refractivity contribution in [2.75, 3.05) is 26.9 Å². The van der Waals surface area contributed by atoms with Gasteiger partial charge < -0.3 is 14.2 Å². The molecule has 0 aliphatic carbocycles. The molecule has 0 bridgehead atoms. The van der Waals surface area contributed by atoms with Crippen molar-refractivity contribution in [2.45, 2.75) is 38.2 Å². The monoisotopic (exact) mass is 342 g/mol. The van der Waals surface area contributed by atoms with Crippen molar-refractivity contribution in [1.82, 2.24) is 0 Å². The zero-order chi connectivity index (χ0) is 17.9. The number of benzene rings is 1. The molecule has 0 saturated carbocycles. The zero-order valence-electron chi connectivity index (χ0n) is 14.9. The average Bonchev–Trinajstić information content (AvgIpc) is 2.65. The highest BCUT2D eigenvalue weighted by molar-refractivity contribution is 6.10. The van der Waals surface area contributed by atoms with Gasteiger partial charge in [-0.15, -0.1) is 6.58 Å². The van der Waals surface area contributed by atoms with Crippen LogP contribution in [-0.2, 0) is 15.9 Å². The summed E-state index contributed by atoms with van der Waals surface area (Å²) in [4.78, 5) is 12.4. The summed E-state index contributed by atoms with van der Waals surface area (Å²) < 4.78 is 16.4. The molecule has 1 heterocycles. The SMILES string of the molecule is C=CCc1c(OC)cccc1C(=O)C#CCCCOC1CCOCC1. The fraction of sp³-hybridized carbons (Fsp3) is 0.476. The Bertz CT molecular complexity index is 633. The van der Waals surface area contributed by atoms with Gasteiger partial charge in [-0.1, -0.05) is 18.1 Å². The van der Waals surface area contributed by atoms with E-state index in [0.29, 0.717) is 36.9 Å². The summed E-state index contributed by atoms with van der Waals surface area (Å²) in [5.41, 5.74) is 1.42. The van der Waals surface area contributed by atoms with Crippen LogP contribution in [0, 0.1) is 11.8 Å². The Kier molecular flexibility index (Phi) is 8.24. The first-order valence-electron chi connectivity index (χ1n) is 8.75. The molecule has 4 heteroatoms. The third-order valence-corrected chi connectivity index (χ3v) is 4.12. The maximum absolute atomic E-state index is 12.4. The molecule has 1 aromatic carbocycles. The smallest absolute Gasteiger partial charge is 0.236 e. The second-order valence-corrected chi connectivity index (χ2v) is 5.90. The Morgan fingerprint density at radius 2 is 2.20 bits per heavy atom. The number of ketones is 1. The van der Waals surface area contributed by atoms with Crippen LogP contribution in [0.15, 0.2) is 30.9 Å². The van der Waals surface area contributed by atoms with Gasteiger partial charge in [0.15, 0.2) is 0 Å². The van der Waals surface area contributed by atoms with Gasteiger partial charge in [0.2, 0.25) is 5.78 Å². The quantitative estimate of drug-likeness (QED) is 0.238. The highest BCUT2D eigenvalue weighted by Gasteiger charge is 2.14. The third-order valence-electron chi connectivity index (χ3n) is 4.12. The van der Waals surface area contributed by atoms with E-state index in [0.717, 1.165) is 38.0 Å². The molecule has 1 aliphatic rings. The number of allylic oxidation sites excluding steroid dienone is 1. The third kappa shape index (κ3) is 6.04. The standard InChI is InChI=1S/C21H26O4/c1-3-8-19-18(9-7-11-21(19)23-2)20(22)10-5-4-6-14-25-17-12-15-24-16-13-17/h3,7,9,11,17H,1,4,6,8,12-16H2,2H3. The lowest BCUT2D eigenvalue weighted by atomic mass is 10.00. The summed E-state index contributed by atoms with van der Waals surface area (Å²) in [5, 5.41) is 0. The van der Waals surface area contributed by atoms with Gasteiger partial charge in [-0.05, 0) is 43.7 Å². The lowest BCUT2D eigenvalue weighted by Gasteiger charge is -2.22. The second-order valence-electron chi connectivity index (χ2n) is 5.90. The van der Waals surface area contributed by atoms with Gasteiger partial charge in [-0.3, -0.25) is 4.79 Å². The van der Waals surface area contributed by atoms with E-state index in [9.17, 15) is 4.79 Å². The van der Waals surface area contributed by atoms with E-state index in [-0.39, 0.29) is 5.78 Å². The first-order valence-corrected chi connectivity index (χ1v) is 8.75. The number of unbranched alkanes of at least 4 members (excludes halogenated alkanes) is 1. The van der Waals surface area contributed by atoms with Gasteiger partial charge in [-0.25, -0.2) is 0 Å². The molecule has 4 nitrogen and oxygen atoms in total. The number of Topliss-reactive ketones (excluding diaryl/α,β-unsaturated/α-hetero) is 1. The first kappa shape index (κ1) is 19.2. The first-order chi connectivity index (χ1) is 12.3. The fourth-order valence-corrected chi connectivity index (χ4v) is 2.79. The molecule has 0 N–H and O–H groups in total. The highest BCUT2D eigenvalue weighted by atomic mass is 16.5. The van der Waals surface area contributed by atoms with E-state index in [1.54, 1.807) is 19.3 Å². The number of hydrogen-bond acceptors (Lipinski definition) is 4. The Morgan fingerprint density at radius 1 is 1.40 bits per heavy atom. The van der Waals surface area contributed by atoms with Crippen LogP contribution in [0.25, 0.3) is 0 Å². The minimum absolute atomic E-state index is 0.180. The summed E-state index contributed by atoms with van der Waals surface area (Å²) >= 11 is 0. The minimum Gasteiger partial charge on any atom is -0.496 e. The van der Waals surface area contributed by atoms with Crippen molar-refractivity contribution in [2.24, 2.45) is 0 Å². The van der Waals surface area contributed by atoms with Crippen molar-refractivity contribution < 1.29 is 19.0 Å². The molecular weight excluding hydrogens is 316 g/mol. The topological polar surface area (TPSA) is 44.8 Å². The number of carbonyl (C=O) groups is 1. The predicted octanol–water partition coefficient (Wildman–Crippen LogP) is 3.59. The van der Waals surface area contributed by atoms with Crippen molar-refractivity contribution in [3.8, 4) is 17.6 Å². The summed E-state index contributed by atoms with van der Waals surface area (Å²) in [7, 11) is 1.60. The number of carbonyl (C=O) groups excluding carboxylic acids is 1. The van der Waals surface area contributed by atoms with Gasteiger partial charge in [0.05, 0.1) is 13.2 Å². The van der Waals surface area contributed by atoms with E-state index in [1.807, 2.05) is 12.1 Å². The summed E-state index contributed by atoms with van der Waals surface area (Å²) in [5.74, 6) is 6.20. The Labute approximate surface area is 150 Å². The van der Waals surface area contributed by atoms with Gasteiger partial charge >= 0.3 is 0 Å². The molecule has 25 heavy (non-hydrogen) atoms. The van der Waals surface area contributed by atoms with Crippen LogP contribution in [0.3, 0.4) is 0 Å². The molecule has 0 radical (unpaired) electrons. The van der Waals surface area contributed by atoms with Crippen molar-refractivity contribution in [3.63, 3.8) is 0 Å². The highest BCUT2D eigenvalue weighted by Crippen LogP contribution is 2.23. The van der Waals surface area contributed by atoms with Crippen molar-refractivity contribution >= 4 is 5.78 Å². The molecule has 0 atom stereocenters. The molecule has 0 amide bonds. The zero-order valence-corrected chi connectivity index (χ0v) is 14.9. The number of methoxy groups -OCH3 is 1. The molecule has 0 unspecified atom stereocenters. The molecule has 1 aliphatic heterocycles. The molecule has 0 spiro atoms. The minimum atomic E-state index is -0.180. The van der Waals surface area contributed by atoms with Gasteiger partial charge in [0.25, 0.3) is 0 Å². The van der Waals surface area contributed by atoms with Crippen LogP contribution in [-0.4, -0.2) is 38.8 Å². The average molecular weight is 342 g/mol. The maximum atomic E-state index is 12.4. The lowest BCUT2D eigenvalue weighted by molar-refractivity contribution is -0.0320. The Morgan fingerprint density at radius 3 is 2.92 bits per heavy atom. The number of rotatable bonds is 8. The largest absolute Gasteiger partial charge is 0.496 e. The van der Waals surface area contributed by atoms with E-state index >= 15 is 0 Å². The van der Waals surface area contributed by atoms with Crippen LogP contribution < -0.4 is 4.74 Å². The van der Waals surface area contributed by atoms with Crippen molar-refractivity contribution in [1.29, 1.82) is 0 Å². The normalized spacial score (nSPS) is 14.4. The number of hydrogen-bond donors (Lipinski definition) is 0. The van der Waals surface area contributed by atoms with Crippen LogP contribution in [0.5, 0.6) is 5.75 Å². The number of ether oxygens (including phenoxy) is 3. The van der Waals surface area contributed by atoms with E-state index in [2.05, 4.69) is 18.4 Å². The molecule has 1 aromatic rings. The van der Waals surface area contributed by atoms with Crippen LogP contribution in [0.4, 0.5) is 0 Å². The van der Waals surface area contributed by atoms with Gasteiger partial charge in [-0.2, -0.15) is 0 Å². The van der Waals surface area contributed by atoms with Gasteiger partial charge in [0, 0.05) is 37.4 Å². The second kappa shape index (κ2) is 10.7. The molecule has 134 valence electrons. The Balaban J connectivity index is 1.83. The molecule has 1 saturated heterocycles. The Hall–Kier alpha value is -2.09. The van der Waals surface area contributed by atoms with Gasteiger partial charge in [0.1, 0.15) is 5.75 Å². The summed E-state index contributed by atoms with van der Waals surface area (Å²) in [6.45, 7) is 5.99. The maximum Gasteiger partial charge on any atom is 0.236 e. The van der Waals surface area contributed by atoms with E-state index in [1.165, 1.54) is 0 Å². The van der Waals surface area contributed by atoms with Crippen LogP contribution in [0.1, 0.15) is 41.6 Å². The fourth-order valence-electron chi connectivity index (χ4n) is 2.79. The van der Waals surface area contributed by atoms with Crippen LogP contribution >= 0.6 is 0 Å². The molecule has 1 fully saturated rings. The van der Waals surface area contributed by atoms with E-state index < -0.39 is 0 Å². The van der Waals surface area contributed by atoms with Crippen LogP contribution in [0.2, 0.25) is 0 Å².